The van der Waals surface area contributed by atoms with Crippen LogP contribution in [0.5, 0.6) is 11.5 Å². The van der Waals surface area contributed by atoms with Crippen molar-refractivity contribution in [2.45, 2.75) is 6.92 Å². The number of phenolic OH excluding ortho intramolecular Hbond substituents is 1. The molecule has 1 N–H and O–H groups in total. The zero-order valence-electron chi connectivity index (χ0n) is 16.5. The third-order valence-corrected chi connectivity index (χ3v) is 6.09. The molecule has 1 fully saturated rings. The van der Waals surface area contributed by atoms with Crippen molar-refractivity contribution in [2.24, 2.45) is 4.99 Å². The van der Waals surface area contributed by atoms with Gasteiger partial charge in [-0.25, -0.2) is 9.79 Å². The number of esters is 1. The number of hydrogen-bond acceptors (Lipinski definition) is 7. The van der Waals surface area contributed by atoms with Crippen LogP contribution in [0.15, 0.2) is 46.3 Å². The van der Waals surface area contributed by atoms with Gasteiger partial charge in [0, 0.05) is 6.54 Å². The Hall–Kier alpha value is -2.53. The number of rotatable bonds is 5. The summed E-state index contributed by atoms with van der Waals surface area (Å²) in [5.74, 6) is -0.206. The van der Waals surface area contributed by atoms with Gasteiger partial charge in [0.05, 0.1) is 33.9 Å². The number of carbonyl (C=O) groups excluding carboxylic acids is 2. The Balaban J connectivity index is 1.96. The van der Waals surface area contributed by atoms with Gasteiger partial charge in [0.15, 0.2) is 16.7 Å². The molecule has 156 valence electrons. The highest BCUT2D eigenvalue weighted by Crippen LogP contribution is 2.37. The standard InChI is InChI=1S/C21H19IN2O5S/c1-4-24-19(26)17(10-12-8-15(22)18(25)16(9-12)28-2)30-21(24)23-14-7-5-6-13(11-14)20(27)29-3/h5-11,25H,4H2,1-3H3. The number of likely N-dealkylation sites (N-methyl/N-ethyl adjacent to an activating group) is 1. The maximum atomic E-state index is 12.9. The second-order valence-corrected chi connectivity index (χ2v) is 8.32. The molecule has 0 saturated carbocycles. The first kappa shape index (κ1) is 22.2. The molecule has 3 rings (SSSR count). The minimum Gasteiger partial charge on any atom is -0.504 e. The summed E-state index contributed by atoms with van der Waals surface area (Å²) < 4.78 is 10.6. The van der Waals surface area contributed by atoms with Crippen LogP contribution in [0.3, 0.4) is 0 Å². The van der Waals surface area contributed by atoms with Gasteiger partial charge in [-0.1, -0.05) is 6.07 Å². The van der Waals surface area contributed by atoms with E-state index >= 15 is 0 Å². The third-order valence-electron chi connectivity index (χ3n) is 4.26. The van der Waals surface area contributed by atoms with Crippen molar-refractivity contribution in [3.63, 3.8) is 0 Å². The number of thioether (sulfide) groups is 1. The van der Waals surface area contributed by atoms with Gasteiger partial charge in [0.25, 0.3) is 5.91 Å². The molecule has 2 aromatic carbocycles. The summed E-state index contributed by atoms with van der Waals surface area (Å²) in [6.45, 7) is 2.32. The predicted molar refractivity (Wildman–Crippen MR) is 125 cm³/mol. The van der Waals surface area contributed by atoms with E-state index in [0.717, 1.165) is 5.56 Å². The highest BCUT2D eigenvalue weighted by molar-refractivity contribution is 14.1. The maximum absolute atomic E-state index is 12.9. The molecule has 0 aromatic heterocycles. The number of amidine groups is 1. The number of aliphatic imine (C=N–C) groups is 1. The van der Waals surface area contributed by atoms with Crippen LogP contribution in [-0.2, 0) is 9.53 Å². The van der Waals surface area contributed by atoms with E-state index in [0.29, 0.717) is 37.2 Å². The lowest BCUT2D eigenvalue weighted by molar-refractivity contribution is -0.122. The van der Waals surface area contributed by atoms with E-state index in [1.807, 2.05) is 29.5 Å². The molecule has 1 aliphatic heterocycles. The molecule has 0 spiro atoms. The summed E-state index contributed by atoms with van der Waals surface area (Å²) in [5, 5.41) is 10.5. The van der Waals surface area contributed by atoms with Crippen LogP contribution < -0.4 is 4.74 Å². The second-order valence-electron chi connectivity index (χ2n) is 6.15. The summed E-state index contributed by atoms with van der Waals surface area (Å²) in [6.07, 6.45) is 1.74. The Morgan fingerprint density at radius 2 is 2.07 bits per heavy atom. The van der Waals surface area contributed by atoms with Crippen molar-refractivity contribution in [2.75, 3.05) is 20.8 Å². The zero-order chi connectivity index (χ0) is 21.8. The molecule has 0 unspecified atom stereocenters. The van der Waals surface area contributed by atoms with Crippen LogP contribution in [0.25, 0.3) is 6.08 Å². The van der Waals surface area contributed by atoms with E-state index in [1.165, 1.54) is 26.0 Å². The van der Waals surface area contributed by atoms with Crippen LogP contribution in [0.2, 0.25) is 0 Å². The van der Waals surface area contributed by atoms with E-state index in [-0.39, 0.29) is 11.7 Å². The van der Waals surface area contributed by atoms with Gasteiger partial charge in [-0.2, -0.15) is 0 Å². The molecule has 0 aliphatic carbocycles. The van der Waals surface area contributed by atoms with Crippen molar-refractivity contribution in [3.05, 3.63) is 56.0 Å². The van der Waals surface area contributed by atoms with E-state index in [1.54, 1.807) is 47.4 Å². The molecule has 1 aliphatic rings. The van der Waals surface area contributed by atoms with Crippen LogP contribution in [0.4, 0.5) is 5.69 Å². The molecule has 2 aromatic rings. The summed E-state index contributed by atoms with van der Waals surface area (Å²) in [7, 11) is 2.80. The molecule has 1 heterocycles. The Morgan fingerprint density at radius 1 is 1.30 bits per heavy atom. The molecule has 9 heteroatoms. The molecule has 0 bridgehead atoms. The molecule has 1 amide bonds. The van der Waals surface area contributed by atoms with Crippen LogP contribution in [-0.4, -0.2) is 47.8 Å². The molecular formula is C21H19IN2O5S. The number of nitrogens with zero attached hydrogens (tertiary/aromatic N) is 2. The number of ether oxygens (including phenoxy) is 2. The number of carbonyl (C=O) groups is 2. The normalized spacial score (nSPS) is 16.4. The number of hydrogen-bond donors (Lipinski definition) is 1. The average Bonchev–Trinajstić information content (AvgIpc) is 3.03. The zero-order valence-corrected chi connectivity index (χ0v) is 19.5. The Labute approximate surface area is 191 Å². The number of halogens is 1. The lowest BCUT2D eigenvalue weighted by Gasteiger charge is -2.12. The first-order chi connectivity index (χ1) is 14.4. The average molecular weight is 538 g/mol. The van der Waals surface area contributed by atoms with E-state index < -0.39 is 5.97 Å². The van der Waals surface area contributed by atoms with Gasteiger partial charge >= 0.3 is 5.97 Å². The fraction of sp³-hybridized carbons (Fsp3) is 0.190. The number of aromatic hydroxyl groups is 1. The van der Waals surface area contributed by atoms with Gasteiger partial charge in [-0.3, -0.25) is 9.69 Å². The fourth-order valence-corrected chi connectivity index (χ4v) is 4.47. The summed E-state index contributed by atoms with van der Waals surface area (Å²) >= 11 is 3.26. The SMILES string of the molecule is CCN1C(=O)C(=Cc2cc(I)c(O)c(OC)c2)SC1=Nc1cccc(C(=O)OC)c1. The number of benzene rings is 2. The number of phenols is 1. The smallest absolute Gasteiger partial charge is 0.337 e. The van der Waals surface area contributed by atoms with Crippen LogP contribution in [0.1, 0.15) is 22.8 Å². The van der Waals surface area contributed by atoms with Gasteiger partial charge in [0.2, 0.25) is 0 Å². The molecule has 0 atom stereocenters. The summed E-state index contributed by atoms with van der Waals surface area (Å²) in [5.41, 5.74) is 1.67. The van der Waals surface area contributed by atoms with Gasteiger partial charge in [-0.05, 0) is 83.2 Å². The first-order valence-electron chi connectivity index (χ1n) is 8.93. The van der Waals surface area contributed by atoms with E-state index in [4.69, 9.17) is 9.47 Å². The Bertz CT molecular complexity index is 1070. The Kier molecular flexibility index (Phi) is 7.03. The van der Waals surface area contributed by atoms with Crippen LogP contribution in [0, 0.1) is 3.57 Å². The van der Waals surface area contributed by atoms with Crippen molar-refractivity contribution in [3.8, 4) is 11.5 Å². The van der Waals surface area contributed by atoms with Crippen molar-refractivity contribution < 1.29 is 24.2 Å². The number of amides is 1. The summed E-state index contributed by atoms with van der Waals surface area (Å²) in [6, 6.07) is 10.2. The lowest BCUT2D eigenvalue weighted by Crippen LogP contribution is -2.28. The first-order valence-corrected chi connectivity index (χ1v) is 10.8. The minimum absolute atomic E-state index is 0.0635. The Morgan fingerprint density at radius 3 is 2.73 bits per heavy atom. The molecule has 30 heavy (non-hydrogen) atoms. The van der Waals surface area contributed by atoms with Crippen molar-refractivity contribution >= 4 is 63.2 Å². The van der Waals surface area contributed by atoms with Crippen molar-refractivity contribution in [1.29, 1.82) is 0 Å². The van der Waals surface area contributed by atoms with Crippen molar-refractivity contribution in [1.82, 2.24) is 4.90 Å². The minimum atomic E-state index is -0.448. The monoisotopic (exact) mass is 538 g/mol. The molecular weight excluding hydrogens is 519 g/mol. The third kappa shape index (κ3) is 4.62. The van der Waals surface area contributed by atoms with Gasteiger partial charge in [-0.15, -0.1) is 0 Å². The van der Waals surface area contributed by atoms with Crippen LogP contribution >= 0.6 is 34.4 Å². The maximum Gasteiger partial charge on any atom is 0.337 e. The van der Waals surface area contributed by atoms with E-state index in [2.05, 4.69) is 4.99 Å². The van der Waals surface area contributed by atoms with Gasteiger partial charge < -0.3 is 14.6 Å². The summed E-state index contributed by atoms with van der Waals surface area (Å²) in [4.78, 5) is 31.3. The second kappa shape index (κ2) is 9.52. The molecule has 0 radical (unpaired) electrons. The highest BCUT2D eigenvalue weighted by Gasteiger charge is 2.32. The topological polar surface area (TPSA) is 88.4 Å². The lowest BCUT2D eigenvalue weighted by atomic mass is 10.2. The highest BCUT2D eigenvalue weighted by atomic mass is 127. The fourth-order valence-electron chi connectivity index (χ4n) is 2.79. The largest absolute Gasteiger partial charge is 0.504 e. The predicted octanol–water partition coefficient (Wildman–Crippen LogP) is 4.42. The molecule has 7 nitrogen and oxygen atoms in total. The van der Waals surface area contributed by atoms with E-state index in [9.17, 15) is 14.7 Å². The number of methoxy groups -OCH3 is 2. The molecule has 1 saturated heterocycles. The quantitative estimate of drug-likeness (QED) is 0.345. The van der Waals surface area contributed by atoms with Gasteiger partial charge in [0.1, 0.15) is 0 Å².